The third kappa shape index (κ3) is 2.99. The second-order valence-electron chi connectivity index (χ2n) is 3.61. The molecule has 0 atom stereocenters. The van der Waals surface area contributed by atoms with Crippen molar-refractivity contribution in [3.05, 3.63) is 52.1 Å². The van der Waals surface area contributed by atoms with E-state index in [-0.39, 0.29) is 0 Å². The Morgan fingerprint density at radius 2 is 2.18 bits per heavy atom. The topological polar surface area (TPSA) is 22.1 Å². The molecule has 1 heterocycles. The highest BCUT2D eigenvalue weighted by atomic mass is 79.9. The van der Waals surface area contributed by atoms with Gasteiger partial charge in [0.25, 0.3) is 0 Å². The second-order valence-corrected chi connectivity index (χ2v) is 4.74. The molecule has 0 aliphatic rings. The summed E-state index contributed by atoms with van der Waals surface area (Å²) in [5, 5.41) is 0. The summed E-state index contributed by atoms with van der Waals surface area (Å²) in [6.07, 6.45) is 1.69. The predicted octanol–water partition coefficient (Wildman–Crippen LogP) is 4.68. The Morgan fingerprint density at radius 1 is 1.35 bits per heavy atom. The van der Waals surface area contributed by atoms with E-state index in [9.17, 15) is 0 Å². The molecule has 2 aromatic rings. The van der Waals surface area contributed by atoms with Crippen LogP contribution in [0.15, 0.2) is 41.0 Å². The van der Waals surface area contributed by atoms with Gasteiger partial charge < -0.3 is 4.74 Å². The summed E-state index contributed by atoms with van der Waals surface area (Å²) in [5.74, 6) is 1.71. The molecule has 0 amide bonds. The molecule has 0 radical (unpaired) electrons. The normalized spacial score (nSPS) is 10.3. The van der Waals surface area contributed by atoms with Crippen molar-refractivity contribution in [1.29, 1.82) is 0 Å². The second kappa shape index (κ2) is 5.52. The van der Waals surface area contributed by atoms with Gasteiger partial charge in [0.15, 0.2) is 0 Å². The molecule has 0 saturated heterocycles. The van der Waals surface area contributed by atoms with Gasteiger partial charge in [-0.3, -0.25) is 0 Å². The van der Waals surface area contributed by atoms with Crippen LogP contribution >= 0.6 is 27.5 Å². The Hall–Kier alpha value is -1.06. The monoisotopic (exact) mass is 311 g/mol. The summed E-state index contributed by atoms with van der Waals surface area (Å²) in [7, 11) is 0. The molecule has 0 aliphatic heterocycles. The Labute approximate surface area is 114 Å². The Balaban J connectivity index is 2.28. The molecule has 88 valence electrons. The summed E-state index contributed by atoms with van der Waals surface area (Å²) in [6, 6.07) is 9.55. The number of nitrogens with zero attached hydrogens (tertiary/aromatic N) is 1. The summed E-state index contributed by atoms with van der Waals surface area (Å²) in [6.45, 7) is 2.01. The molecule has 0 saturated carbocycles. The van der Waals surface area contributed by atoms with Crippen molar-refractivity contribution in [3.63, 3.8) is 0 Å². The van der Waals surface area contributed by atoms with Crippen molar-refractivity contribution in [1.82, 2.24) is 4.98 Å². The van der Waals surface area contributed by atoms with Crippen LogP contribution in [0, 0.1) is 6.92 Å². The van der Waals surface area contributed by atoms with Gasteiger partial charge in [0.2, 0.25) is 5.88 Å². The first kappa shape index (κ1) is 12.4. The van der Waals surface area contributed by atoms with E-state index in [2.05, 4.69) is 20.9 Å². The molecule has 0 bridgehead atoms. The van der Waals surface area contributed by atoms with Gasteiger partial charge in [-0.1, -0.05) is 22.0 Å². The van der Waals surface area contributed by atoms with Crippen LogP contribution in [-0.4, -0.2) is 4.98 Å². The Bertz CT molecular complexity index is 531. The Morgan fingerprint density at radius 3 is 2.88 bits per heavy atom. The molecule has 1 aromatic heterocycles. The number of halogens is 2. The number of pyridine rings is 1. The molecule has 1 aromatic carbocycles. The van der Waals surface area contributed by atoms with Gasteiger partial charge >= 0.3 is 0 Å². The first-order valence-electron chi connectivity index (χ1n) is 5.14. The maximum Gasteiger partial charge on any atom is 0.223 e. The zero-order chi connectivity index (χ0) is 12.3. The minimum atomic E-state index is 0.388. The maximum absolute atomic E-state index is 5.83. The smallest absolute Gasteiger partial charge is 0.223 e. The van der Waals surface area contributed by atoms with Gasteiger partial charge in [-0.15, -0.1) is 11.6 Å². The highest BCUT2D eigenvalue weighted by Gasteiger charge is 2.05. The molecule has 0 fully saturated rings. The number of hydrogen-bond donors (Lipinski definition) is 0. The summed E-state index contributed by atoms with van der Waals surface area (Å²) in [4.78, 5) is 4.18. The van der Waals surface area contributed by atoms with Gasteiger partial charge in [0.05, 0.1) is 5.88 Å². The van der Waals surface area contributed by atoms with Crippen molar-refractivity contribution in [3.8, 4) is 11.6 Å². The summed E-state index contributed by atoms with van der Waals surface area (Å²) >= 11 is 9.28. The number of benzene rings is 1. The standard InChI is InChI=1S/C13H11BrClNO/c1-9-7-11(4-5-12(9)14)17-13-10(8-15)3-2-6-16-13/h2-7H,8H2,1H3. The van der Waals surface area contributed by atoms with E-state index in [0.717, 1.165) is 21.3 Å². The minimum Gasteiger partial charge on any atom is -0.439 e. The van der Waals surface area contributed by atoms with E-state index >= 15 is 0 Å². The van der Waals surface area contributed by atoms with Crippen LogP contribution in [0.3, 0.4) is 0 Å². The van der Waals surface area contributed by atoms with Gasteiger partial charge in [0, 0.05) is 16.2 Å². The van der Waals surface area contributed by atoms with E-state index in [0.29, 0.717) is 11.8 Å². The molecule has 2 nitrogen and oxygen atoms in total. The lowest BCUT2D eigenvalue weighted by Crippen LogP contribution is -1.92. The van der Waals surface area contributed by atoms with Crippen molar-refractivity contribution in [2.45, 2.75) is 12.8 Å². The van der Waals surface area contributed by atoms with Crippen molar-refractivity contribution >= 4 is 27.5 Å². The van der Waals surface area contributed by atoms with Crippen LogP contribution in [0.1, 0.15) is 11.1 Å². The van der Waals surface area contributed by atoms with Gasteiger partial charge in [-0.05, 0) is 36.8 Å². The fourth-order valence-corrected chi connectivity index (χ4v) is 1.86. The number of aromatic nitrogens is 1. The first-order chi connectivity index (χ1) is 8.20. The molecule has 17 heavy (non-hydrogen) atoms. The number of hydrogen-bond acceptors (Lipinski definition) is 2. The van der Waals surface area contributed by atoms with Crippen molar-refractivity contribution < 1.29 is 4.74 Å². The molecule has 4 heteroatoms. The fraction of sp³-hybridized carbons (Fsp3) is 0.154. The maximum atomic E-state index is 5.83. The van der Waals surface area contributed by atoms with E-state index in [1.54, 1.807) is 6.20 Å². The van der Waals surface area contributed by atoms with Crippen molar-refractivity contribution in [2.75, 3.05) is 0 Å². The SMILES string of the molecule is Cc1cc(Oc2ncccc2CCl)ccc1Br. The molecule has 0 aliphatic carbocycles. The fourth-order valence-electron chi connectivity index (χ4n) is 1.41. The number of rotatable bonds is 3. The largest absolute Gasteiger partial charge is 0.439 e. The van der Waals surface area contributed by atoms with Gasteiger partial charge in [-0.2, -0.15) is 0 Å². The Kier molecular flexibility index (Phi) is 4.02. The van der Waals surface area contributed by atoms with Gasteiger partial charge in [0.1, 0.15) is 5.75 Å². The van der Waals surface area contributed by atoms with Crippen LogP contribution in [0.5, 0.6) is 11.6 Å². The van der Waals surface area contributed by atoms with Crippen LogP contribution < -0.4 is 4.74 Å². The number of ether oxygens (including phenoxy) is 1. The van der Waals surface area contributed by atoms with E-state index in [1.165, 1.54) is 0 Å². The van der Waals surface area contributed by atoms with E-state index in [4.69, 9.17) is 16.3 Å². The molecular weight excluding hydrogens is 302 g/mol. The average molecular weight is 313 g/mol. The van der Waals surface area contributed by atoms with E-state index < -0.39 is 0 Å². The molecule has 2 rings (SSSR count). The number of alkyl halides is 1. The average Bonchev–Trinajstić information content (AvgIpc) is 2.34. The predicted molar refractivity (Wildman–Crippen MR) is 72.7 cm³/mol. The minimum absolute atomic E-state index is 0.388. The van der Waals surface area contributed by atoms with Gasteiger partial charge in [-0.25, -0.2) is 4.98 Å². The van der Waals surface area contributed by atoms with E-state index in [1.807, 2.05) is 37.3 Å². The lowest BCUT2D eigenvalue weighted by Gasteiger charge is -2.09. The summed E-state index contributed by atoms with van der Waals surface area (Å²) < 4.78 is 6.78. The van der Waals surface area contributed by atoms with Crippen molar-refractivity contribution in [2.24, 2.45) is 0 Å². The quantitative estimate of drug-likeness (QED) is 0.767. The highest BCUT2D eigenvalue weighted by Crippen LogP contribution is 2.27. The number of aryl methyl sites for hydroxylation is 1. The third-order valence-electron chi connectivity index (χ3n) is 2.34. The molecular formula is C13H11BrClNO. The lowest BCUT2D eigenvalue weighted by molar-refractivity contribution is 0.458. The molecule has 0 unspecified atom stereocenters. The lowest BCUT2D eigenvalue weighted by atomic mass is 10.2. The zero-order valence-corrected chi connectivity index (χ0v) is 11.6. The third-order valence-corrected chi connectivity index (χ3v) is 3.52. The van der Waals surface area contributed by atoms with Crippen LogP contribution in [0.4, 0.5) is 0 Å². The molecule has 0 N–H and O–H groups in total. The zero-order valence-electron chi connectivity index (χ0n) is 9.28. The summed E-state index contributed by atoms with van der Waals surface area (Å²) in [5.41, 5.74) is 2.00. The molecule has 0 spiro atoms. The van der Waals surface area contributed by atoms with Crippen LogP contribution in [-0.2, 0) is 5.88 Å². The van der Waals surface area contributed by atoms with Crippen LogP contribution in [0.2, 0.25) is 0 Å². The highest BCUT2D eigenvalue weighted by molar-refractivity contribution is 9.10. The first-order valence-corrected chi connectivity index (χ1v) is 6.47. The van der Waals surface area contributed by atoms with Crippen LogP contribution in [0.25, 0.3) is 0 Å².